The number of hydrogen-bond donors (Lipinski definition) is 0. The fourth-order valence-corrected chi connectivity index (χ4v) is 4.66. The fourth-order valence-electron chi connectivity index (χ4n) is 4.66. The van der Waals surface area contributed by atoms with E-state index in [1.165, 1.54) is 64.6 Å². The third-order valence-electron chi connectivity index (χ3n) is 5.70. The molecular formula is C19H37N. The topological polar surface area (TPSA) is 3.24 Å². The fraction of sp³-hybridized carbons (Fsp3) is 1.00. The first kappa shape index (κ1) is 16.3. The lowest BCUT2D eigenvalue weighted by atomic mass is 9.66. The summed E-state index contributed by atoms with van der Waals surface area (Å²) in [5.41, 5.74) is 1.02. The van der Waals surface area contributed by atoms with Gasteiger partial charge in [0.1, 0.15) is 0 Å². The van der Waals surface area contributed by atoms with Crippen molar-refractivity contribution in [3.63, 3.8) is 0 Å². The Morgan fingerprint density at radius 1 is 0.900 bits per heavy atom. The molecule has 1 aliphatic heterocycles. The summed E-state index contributed by atoms with van der Waals surface area (Å²) in [7, 11) is 0. The van der Waals surface area contributed by atoms with E-state index in [4.69, 9.17) is 0 Å². The van der Waals surface area contributed by atoms with E-state index in [1.54, 1.807) is 0 Å². The smallest absolute Gasteiger partial charge is 0.00328 e. The Kier molecular flexibility index (Phi) is 5.21. The van der Waals surface area contributed by atoms with Crippen molar-refractivity contribution in [3.05, 3.63) is 0 Å². The summed E-state index contributed by atoms with van der Waals surface area (Å²) in [5.74, 6) is 1.93. The lowest BCUT2D eigenvalue weighted by Gasteiger charge is -2.41. The number of nitrogens with zero attached hydrogens (tertiary/aromatic N) is 1. The molecule has 1 heterocycles. The van der Waals surface area contributed by atoms with Crippen LogP contribution in [0.5, 0.6) is 0 Å². The summed E-state index contributed by atoms with van der Waals surface area (Å²) in [6.45, 7) is 16.3. The van der Waals surface area contributed by atoms with E-state index in [0.717, 1.165) is 11.8 Å². The summed E-state index contributed by atoms with van der Waals surface area (Å²) in [5, 5.41) is 0. The molecule has 1 saturated carbocycles. The van der Waals surface area contributed by atoms with Crippen molar-refractivity contribution in [1.82, 2.24) is 4.90 Å². The van der Waals surface area contributed by atoms with Crippen LogP contribution in [0.2, 0.25) is 0 Å². The van der Waals surface area contributed by atoms with Gasteiger partial charge in [-0.15, -0.1) is 0 Å². The number of likely N-dealkylation sites (tertiary alicyclic amines) is 1. The van der Waals surface area contributed by atoms with E-state index in [-0.39, 0.29) is 0 Å². The molecular weight excluding hydrogens is 242 g/mol. The van der Waals surface area contributed by atoms with Gasteiger partial charge in [0, 0.05) is 6.54 Å². The van der Waals surface area contributed by atoms with E-state index in [0.29, 0.717) is 10.8 Å². The number of rotatable bonds is 4. The Morgan fingerprint density at radius 2 is 1.55 bits per heavy atom. The van der Waals surface area contributed by atoms with Gasteiger partial charge in [0.15, 0.2) is 0 Å². The highest BCUT2D eigenvalue weighted by Gasteiger charge is 2.34. The Hall–Kier alpha value is -0.0400. The summed E-state index contributed by atoms with van der Waals surface area (Å²) in [6, 6.07) is 0. The first-order valence-corrected chi connectivity index (χ1v) is 8.99. The molecule has 0 radical (unpaired) electrons. The van der Waals surface area contributed by atoms with E-state index in [9.17, 15) is 0 Å². The van der Waals surface area contributed by atoms with Crippen molar-refractivity contribution >= 4 is 0 Å². The predicted molar refractivity (Wildman–Crippen MR) is 89.0 cm³/mol. The van der Waals surface area contributed by atoms with Gasteiger partial charge >= 0.3 is 0 Å². The number of hydrogen-bond acceptors (Lipinski definition) is 1. The van der Waals surface area contributed by atoms with Gasteiger partial charge in [-0.05, 0) is 67.9 Å². The molecule has 0 N–H and O–H groups in total. The minimum absolute atomic E-state index is 0.509. The SMILES string of the molecule is CC(C)(CC1CCCC(C(C)(C)C)C1)CN1CCCC1. The Bertz CT molecular complexity index is 293. The normalized spacial score (nSPS) is 29.9. The molecule has 0 aromatic heterocycles. The van der Waals surface area contributed by atoms with E-state index in [2.05, 4.69) is 39.5 Å². The largest absolute Gasteiger partial charge is 0.303 e. The molecule has 2 atom stereocenters. The zero-order valence-electron chi connectivity index (χ0n) is 14.7. The molecule has 2 aliphatic rings. The van der Waals surface area contributed by atoms with Crippen molar-refractivity contribution in [3.8, 4) is 0 Å². The molecule has 0 spiro atoms. The van der Waals surface area contributed by atoms with E-state index < -0.39 is 0 Å². The van der Waals surface area contributed by atoms with Gasteiger partial charge in [-0.25, -0.2) is 0 Å². The average molecular weight is 280 g/mol. The van der Waals surface area contributed by atoms with Crippen LogP contribution in [0.1, 0.15) is 79.6 Å². The zero-order chi connectivity index (χ0) is 14.8. The molecule has 2 rings (SSSR count). The molecule has 2 fully saturated rings. The molecule has 1 heteroatoms. The van der Waals surface area contributed by atoms with E-state index in [1.807, 2.05) is 0 Å². The maximum atomic E-state index is 2.70. The molecule has 0 amide bonds. The molecule has 0 aromatic rings. The summed E-state index contributed by atoms with van der Waals surface area (Å²) in [6.07, 6.45) is 10.2. The highest BCUT2D eigenvalue weighted by Crippen LogP contribution is 2.43. The van der Waals surface area contributed by atoms with Crippen molar-refractivity contribution in [1.29, 1.82) is 0 Å². The maximum Gasteiger partial charge on any atom is 0.00328 e. The quantitative estimate of drug-likeness (QED) is 0.670. The van der Waals surface area contributed by atoms with Gasteiger partial charge in [0.05, 0.1) is 0 Å². The summed E-state index contributed by atoms with van der Waals surface area (Å²) in [4.78, 5) is 2.70. The third kappa shape index (κ3) is 4.76. The predicted octanol–water partition coefficient (Wildman–Crippen LogP) is 5.35. The molecule has 2 unspecified atom stereocenters. The van der Waals surface area contributed by atoms with Crippen molar-refractivity contribution in [2.75, 3.05) is 19.6 Å². The average Bonchev–Trinajstić information content (AvgIpc) is 2.79. The molecule has 20 heavy (non-hydrogen) atoms. The second-order valence-corrected chi connectivity index (χ2v) is 9.45. The minimum Gasteiger partial charge on any atom is -0.303 e. The first-order valence-electron chi connectivity index (χ1n) is 8.99. The highest BCUT2D eigenvalue weighted by atomic mass is 15.1. The standard InChI is InChI=1S/C19H37N/c1-18(2,3)17-10-8-9-16(13-17)14-19(4,5)15-20-11-6-7-12-20/h16-17H,6-15H2,1-5H3. The maximum absolute atomic E-state index is 2.70. The van der Waals surface area contributed by atoms with Crippen molar-refractivity contribution < 1.29 is 0 Å². The second kappa shape index (κ2) is 6.38. The highest BCUT2D eigenvalue weighted by molar-refractivity contribution is 4.85. The Balaban J connectivity index is 1.84. The molecule has 1 nitrogen and oxygen atoms in total. The van der Waals surface area contributed by atoms with Crippen LogP contribution in [0.3, 0.4) is 0 Å². The summed E-state index contributed by atoms with van der Waals surface area (Å²) >= 11 is 0. The first-order chi connectivity index (χ1) is 9.26. The van der Waals surface area contributed by atoms with Crippen LogP contribution < -0.4 is 0 Å². The van der Waals surface area contributed by atoms with Gasteiger partial charge in [-0.1, -0.05) is 47.5 Å². The lowest BCUT2D eigenvalue weighted by molar-refractivity contribution is 0.0992. The summed E-state index contributed by atoms with van der Waals surface area (Å²) < 4.78 is 0. The van der Waals surface area contributed by atoms with Crippen LogP contribution in [0.4, 0.5) is 0 Å². The monoisotopic (exact) mass is 279 g/mol. The van der Waals surface area contributed by atoms with Gasteiger partial charge in [0.2, 0.25) is 0 Å². The lowest BCUT2D eigenvalue weighted by Crippen LogP contribution is -2.35. The van der Waals surface area contributed by atoms with Gasteiger partial charge in [-0.3, -0.25) is 0 Å². The van der Waals surface area contributed by atoms with Crippen molar-refractivity contribution in [2.45, 2.75) is 79.6 Å². The van der Waals surface area contributed by atoms with E-state index >= 15 is 0 Å². The second-order valence-electron chi connectivity index (χ2n) is 9.45. The van der Waals surface area contributed by atoms with Gasteiger partial charge in [-0.2, -0.15) is 0 Å². The molecule has 118 valence electrons. The molecule has 1 aliphatic carbocycles. The van der Waals surface area contributed by atoms with Gasteiger partial charge in [0.25, 0.3) is 0 Å². The van der Waals surface area contributed by atoms with Crippen LogP contribution in [0.25, 0.3) is 0 Å². The minimum atomic E-state index is 0.509. The van der Waals surface area contributed by atoms with Crippen molar-refractivity contribution in [2.24, 2.45) is 22.7 Å². The Labute approximate surface area is 127 Å². The van der Waals surface area contributed by atoms with Crippen LogP contribution in [-0.2, 0) is 0 Å². The molecule has 1 saturated heterocycles. The zero-order valence-corrected chi connectivity index (χ0v) is 14.7. The van der Waals surface area contributed by atoms with Crippen LogP contribution in [0.15, 0.2) is 0 Å². The molecule has 0 aromatic carbocycles. The van der Waals surface area contributed by atoms with Crippen LogP contribution >= 0.6 is 0 Å². The van der Waals surface area contributed by atoms with Crippen LogP contribution in [-0.4, -0.2) is 24.5 Å². The molecule has 0 bridgehead atoms. The Morgan fingerprint density at radius 3 is 2.15 bits per heavy atom. The van der Waals surface area contributed by atoms with Gasteiger partial charge < -0.3 is 4.90 Å². The third-order valence-corrected chi connectivity index (χ3v) is 5.70. The van der Waals surface area contributed by atoms with Crippen LogP contribution in [0, 0.1) is 22.7 Å².